The number of nitrogens with one attached hydrogen (secondary N) is 2. The fraction of sp³-hybridized carbons (Fsp3) is 0.192. The maximum absolute atomic E-state index is 13.5. The predicted molar refractivity (Wildman–Crippen MR) is 123 cm³/mol. The van der Waals surface area contributed by atoms with Crippen molar-refractivity contribution in [3.05, 3.63) is 95.8 Å². The van der Waals surface area contributed by atoms with Gasteiger partial charge >= 0.3 is 5.97 Å². The number of amides is 2. The average Bonchev–Trinajstić information content (AvgIpc) is 2.79. The maximum atomic E-state index is 13.5. The number of benzene rings is 3. The SMILES string of the molecule is CC(=O)N[C@H](Cc1cccc(F)c1)C(=O)N[C@@H](Cc1ccc(-c2ccccc2)cc1)C(=O)O. The van der Waals surface area contributed by atoms with Crippen LogP contribution in [0, 0.1) is 5.82 Å². The van der Waals surface area contributed by atoms with Gasteiger partial charge in [0.1, 0.15) is 17.9 Å². The van der Waals surface area contributed by atoms with E-state index in [4.69, 9.17) is 0 Å². The van der Waals surface area contributed by atoms with Gasteiger partial charge in [0.05, 0.1) is 0 Å². The minimum atomic E-state index is -1.19. The van der Waals surface area contributed by atoms with Crippen molar-refractivity contribution < 1.29 is 23.9 Å². The van der Waals surface area contributed by atoms with Crippen LogP contribution in [0.4, 0.5) is 4.39 Å². The van der Waals surface area contributed by atoms with E-state index in [1.54, 1.807) is 6.07 Å². The standard InChI is InChI=1S/C26H25FN2O4/c1-17(30)28-23(16-19-6-5-9-22(27)14-19)25(31)29-24(26(32)33)15-18-10-12-21(13-11-18)20-7-3-2-4-8-20/h2-14,23-24H,15-16H2,1H3,(H,28,30)(H,29,31)(H,32,33)/t23-,24+/m1/s1. The third kappa shape index (κ3) is 7.00. The molecule has 170 valence electrons. The molecule has 33 heavy (non-hydrogen) atoms. The van der Waals surface area contributed by atoms with Crippen LogP contribution < -0.4 is 10.6 Å². The van der Waals surface area contributed by atoms with Crippen LogP contribution in [-0.4, -0.2) is 35.0 Å². The Kier molecular flexibility index (Phi) is 7.91. The van der Waals surface area contributed by atoms with Gasteiger partial charge in [0.15, 0.2) is 0 Å². The van der Waals surface area contributed by atoms with E-state index < -0.39 is 35.7 Å². The van der Waals surface area contributed by atoms with E-state index in [2.05, 4.69) is 10.6 Å². The molecule has 0 radical (unpaired) electrons. The highest BCUT2D eigenvalue weighted by molar-refractivity contribution is 5.90. The van der Waals surface area contributed by atoms with E-state index in [9.17, 15) is 23.9 Å². The number of carboxylic acids is 1. The number of hydrogen-bond donors (Lipinski definition) is 3. The molecule has 0 spiro atoms. The third-order valence-corrected chi connectivity index (χ3v) is 5.14. The Morgan fingerprint density at radius 2 is 1.42 bits per heavy atom. The van der Waals surface area contributed by atoms with E-state index in [1.165, 1.54) is 25.1 Å². The molecule has 2 amide bonds. The minimum absolute atomic E-state index is 0.0291. The summed E-state index contributed by atoms with van der Waals surface area (Å²) in [4.78, 5) is 36.2. The molecule has 0 aliphatic carbocycles. The van der Waals surface area contributed by atoms with Crippen molar-refractivity contribution in [1.82, 2.24) is 10.6 Å². The van der Waals surface area contributed by atoms with Crippen LogP contribution in [0.3, 0.4) is 0 Å². The molecule has 0 aromatic heterocycles. The lowest BCUT2D eigenvalue weighted by Crippen LogP contribution is -2.52. The van der Waals surface area contributed by atoms with Crippen molar-refractivity contribution in [2.24, 2.45) is 0 Å². The van der Waals surface area contributed by atoms with E-state index >= 15 is 0 Å². The summed E-state index contributed by atoms with van der Waals surface area (Å²) in [6, 6.07) is 20.7. The highest BCUT2D eigenvalue weighted by atomic mass is 19.1. The molecule has 0 bridgehead atoms. The number of carbonyl (C=O) groups is 3. The number of halogens is 1. The second-order valence-corrected chi connectivity index (χ2v) is 7.75. The van der Waals surface area contributed by atoms with Gasteiger partial charge in [-0.25, -0.2) is 9.18 Å². The summed E-state index contributed by atoms with van der Waals surface area (Å²) < 4.78 is 13.5. The second-order valence-electron chi connectivity index (χ2n) is 7.75. The zero-order valence-corrected chi connectivity index (χ0v) is 18.1. The molecule has 7 heteroatoms. The molecule has 0 aliphatic heterocycles. The Morgan fingerprint density at radius 1 is 0.788 bits per heavy atom. The minimum Gasteiger partial charge on any atom is -0.480 e. The first kappa shape index (κ1) is 23.7. The third-order valence-electron chi connectivity index (χ3n) is 5.14. The number of carbonyl (C=O) groups excluding carboxylic acids is 2. The van der Waals surface area contributed by atoms with Crippen LogP contribution >= 0.6 is 0 Å². The number of rotatable bonds is 9. The molecule has 3 aromatic rings. The lowest BCUT2D eigenvalue weighted by atomic mass is 10.00. The summed E-state index contributed by atoms with van der Waals surface area (Å²) in [6.07, 6.45) is 0.101. The largest absolute Gasteiger partial charge is 0.480 e. The molecule has 0 fully saturated rings. The van der Waals surface area contributed by atoms with Gasteiger partial charge in [-0.1, -0.05) is 66.7 Å². The molecule has 3 rings (SSSR count). The lowest BCUT2D eigenvalue weighted by molar-refractivity contribution is -0.142. The molecule has 3 aromatic carbocycles. The van der Waals surface area contributed by atoms with Crippen LogP contribution in [0.2, 0.25) is 0 Å². The van der Waals surface area contributed by atoms with Crippen molar-refractivity contribution in [1.29, 1.82) is 0 Å². The highest BCUT2D eigenvalue weighted by Crippen LogP contribution is 2.20. The normalized spacial score (nSPS) is 12.4. The molecule has 3 N–H and O–H groups in total. The Balaban J connectivity index is 1.70. The molecular weight excluding hydrogens is 423 g/mol. The molecule has 0 heterocycles. The Hall–Kier alpha value is -4.00. The predicted octanol–water partition coefficient (Wildman–Crippen LogP) is 3.35. The number of hydrogen-bond acceptors (Lipinski definition) is 3. The topological polar surface area (TPSA) is 95.5 Å². The van der Waals surface area contributed by atoms with Crippen molar-refractivity contribution >= 4 is 17.8 Å². The molecule has 2 atom stereocenters. The number of carboxylic acid groups (broad SMARTS) is 1. The van der Waals surface area contributed by atoms with Gasteiger partial charge in [0.2, 0.25) is 11.8 Å². The molecule has 6 nitrogen and oxygen atoms in total. The zero-order valence-electron chi connectivity index (χ0n) is 18.1. The molecular formula is C26H25FN2O4. The van der Waals surface area contributed by atoms with Crippen LogP contribution in [0.25, 0.3) is 11.1 Å². The van der Waals surface area contributed by atoms with Crippen LogP contribution in [0.5, 0.6) is 0 Å². The van der Waals surface area contributed by atoms with Crippen molar-refractivity contribution in [2.75, 3.05) is 0 Å². The molecule has 0 saturated heterocycles. The van der Waals surface area contributed by atoms with E-state index in [1.807, 2.05) is 54.6 Å². The van der Waals surface area contributed by atoms with Crippen molar-refractivity contribution in [3.8, 4) is 11.1 Å². The lowest BCUT2D eigenvalue weighted by Gasteiger charge is -2.21. The summed E-state index contributed by atoms with van der Waals surface area (Å²) in [5.41, 5.74) is 3.29. The molecule has 0 unspecified atom stereocenters. The number of aliphatic carboxylic acids is 1. The summed E-state index contributed by atoms with van der Waals surface area (Å²) in [7, 11) is 0. The quantitative estimate of drug-likeness (QED) is 0.468. The zero-order chi connectivity index (χ0) is 23.8. The van der Waals surface area contributed by atoms with E-state index in [0.717, 1.165) is 16.7 Å². The fourth-order valence-electron chi connectivity index (χ4n) is 3.53. The Bertz CT molecular complexity index is 1120. The van der Waals surface area contributed by atoms with Crippen molar-refractivity contribution in [3.63, 3.8) is 0 Å². The molecule has 0 aliphatic rings. The summed E-state index contributed by atoms with van der Waals surface area (Å²) >= 11 is 0. The fourth-order valence-corrected chi connectivity index (χ4v) is 3.53. The van der Waals surface area contributed by atoms with E-state index in [-0.39, 0.29) is 12.8 Å². The van der Waals surface area contributed by atoms with E-state index in [0.29, 0.717) is 5.56 Å². The first-order valence-corrected chi connectivity index (χ1v) is 10.5. The van der Waals surface area contributed by atoms with Gasteiger partial charge in [-0.2, -0.15) is 0 Å². The first-order chi connectivity index (χ1) is 15.8. The van der Waals surface area contributed by atoms with Gasteiger partial charge in [0.25, 0.3) is 0 Å². The summed E-state index contributed by atoms with van der Waals surface area (Å²) in [5.74, 6) is -2.75. The monoisotopic (exact) mass is 448 g/mol. The Morgan fingerprint density at radius 3 is 2.03 bits per heavy atom. The van der Waals surface area contributed by atoms with Gasteiger partial charge in [-0.15, -0.1) is 0 Å². The first-order valence-electron chi connectivity index (χ1n) is 10.5. The van der Waals surface area contributed by atoms with Gasteiger partial charge in [-0.3, -0.25) is 9.59 Å². The van der Waals surface area contributed by atoms with Gasteiger partial charge < -0.3 is 15.7 Å². The van der Waals surface area contributed by atoms with Crippen LogP contribution in [0.1, 0.15) is 18.1 Å². The Labute approximate surface area is 191 Å². The summed E-state index contributed by atoms with van der Waals surface area (Å²) in [6.45, 7) is 1.26. The summed E-state index contributed by atoms with van der Waals surface area (Å²) in [5, 5.41) is 14.7. The van der Waals surface area contributed by atoms with Gasteiger partial charge in [-0.05, 0) is 34.4 Å². The smallest absolute Gasteiger partial charge is 0.326 e. The molecule has 0 saturated carbocycles. The van der Waals surface area contributed by atoms with Crippen LogP contribution in [0.15, 0.2) is 78.9 Å². The van der Waals surface area contributed by atoms with Gasteiger partial charge in [0, 0.05) is 19.8 Å². The maximum Gasteiger partial charge on any atom is 0.326 e. The second kappa shape index (κ2) is 11.0. The average molecular weight is 448 g/mol. The van der Waals surface area contributed by atoms with Crippen LogP contribution in [-0.2, 0) is 27.2 Å². The highest BCUT2D eigenvalue weighted by Gasteiger charge is 2.26. The van der Waals surface area contributed by atoms with Crippen molar-refractivity contribution in [2.45, 2.75) is 31.8 Å².